The number of carbonyl (C=O) groups is 3. The van der Waals surface area contributed by atoms with Gasteiger partial charge in [-0.3, -0.25) is 9.59 Å². The Labute approximate surface area is 214 Å². The second kappa shape index (κ2) is 15.2. The molecule has 0 radical (unpaired) electrons. The number of ketones is 1. The number of allylic oxidation sites excluding steroid dienone is 1. The van der Waals surface area contributed by atoms with Gasteiger partial charge in [-0.25, -0.2) is 4.98 Å². The molecule has 4 atom stereocenters. The van der Waals surface area contributed by atoms with E-state index in [0.29, 0.717) is 31.5 Å². The normalized spacial score (nSPS) is 16.5. The molecule has 3 unspecified atom stereocenters. The Morgan fingerprint density at radius 2 is 1.94 bits per heavy atom. The van der Waals surface area contributed by atoms with E-state index < -0.39 is 11.5 Å². The summed E-state index contributed by atoms with van der Waals surface area (Å²) in [5.74, 6) is 0.0782. The van der Waals surface area contributed by atoms with Crippen molar-refractivity contribution in [3.8, 4) is 0 Å². The van der Waals surface area contributed by atoms with Crippen molar-refractivity contribution in [3.05, 3.63) is 33.3 Å². The molecule has 0 aliphatic heterocycles. The summed E-state index contributed by atoms with van der Waals surface area (Å²) >= 11 is 1.61. The number of nitrogens with zero attached hydrogens (tertiary/aromatic N) is 1. The average Bonchev–Trinajstić information content (AvgIpc) is 3.21. The molecule has 6 nitrogen and oxygen atoms in total. The van der Waals surface area contributed by atoms with Gasteiger partial charge in [0.05, 0.1) is 22.9 Å². The summed E-state index contributed by atoms with van der Waals surface area (Å²) in [5.41, 5.74) is 1.80. The molecule has 196 valence electrons. The summed E-state index contributed by atoms with van der Waals surface area (Å²) in [6.07, 6.45) is 8.20. The van der Waals surface area contributed by atoms with E-state index in [1.807, 2.05) is 38.3 Å². The fourth-order valence-electron chi connectivity index (χ4n) is 4.38. The molecule has 1 rings (SSSR count). The molecule has 7 heteroatoms. The van der Waals surface area contributed by atoms with Crippen molar-refractivity contribution in [3.63, 3.8) is 0 Å². The number of carbonyl (C=O) groups excluding carboxylic acids is 3. The highest BCUT2D eigenvalue weighted by molar-refractivity contribution is 7.09. The third-order valence-electron chi connectivity index (χ3n) is 6.70. The molecule has 0 bridgehead atoms. The molecule has 1 heterocycles. The number of hydrogen-bond acceptors (Lipinski definition) is 7. The minimum absolute atomic E-state index is 0.0194. The van der Waals surface area contributed by atoms with Gasteiger partial charge in [0.15, 0.2) is 0 Å². The lowest BCUT2D eigenvalue weighted by Gasteiger charge is -2.31. The van der Waals surface area contributed by atoms with Gasteiger partial charge in [0.2, 0.25) is 0 Å². The van der Waals surface area contributed by atoms with E-state index in [-0.39, 0.29) is 24.2 Å². The van der Waals surface area contributed by atoms with Crippen LogP contribution >= 0.6 is 11.3 Å². The standard InChI is InChI=1S/C28H43NO5S/c1-19(15-21(3)27(33)28(5,6)26(32)13-14-30)9-8-10-23(17-31)11-12-25(34-7)20(2)16-24-18-35-22(4)29-24/h11,14,16-19,21,25-26,32H,8-10,12-13,15H2,1-7H3/b20-16+,23-11+/t19?,21?,25-,26?/m0/s1. The number of Topliss-reactive ketones (excluding diaryl/α,β-unsaturated/α-hetero) is 1. The molecule has 1 aromatic rings. The molecule has 35 heavy (non-hydrogen) atoms. The van der Waals surface area contributed by atoms with Crippen LogP contribution in [0.3, 0.4) is 0 Å². The monoisotopic (exact) mass is 505 g/mol. The summed E-state index contributed by atoms with van der Waals surface area (Å²) in [6, 6.07) is 0. The van der Waals surface area contributed by atoms with Crippen LogP contribution in [0.25, 0.3) is 6.08 Å². The van der Waals surface area contributed by atoms with E-state index in [1.165, 1.54) is 0 Å². The number of aryl methyl sites for hydroxylation is 1. The fraction of sp³-hybridized carbons (Fsp3) is 0.643. The molecule has 1 N–H and O–H groups in total. The van der Waals surface area contributed by atoms with Crippen molar-refractivity contribution >= 4 is 35.8 Å². The molecular formula is C28H43NO5S. The molecular weight excluding hydrogens is 462 g/mol. The zero-order valence-electron chi connectivity index (χ0n) is 22.4. The maximum atomic E-state index is 12.8. The van der Waals surface area contributed by atoms with Crippen LogP contribution in [0, 0.1) is 24.2 Å². The van der Waals surface area contributed by atoms with E-state index >= 15 is 0 Å². The SMILES string of the molecule is CO[C@@H](C/C=C(/C=O)CCCC(C)CC(C)C(=O)C(C)(C)C(O)CC=O)/C(C)=C/c1csc(C)n1. The number of hydrogen-bond donors (Lipinski definition) is 1. The minimum Gasteiger partial charge on any atom is -0.392 e. The predicted molar refractivity (Wildman–Crippen MR) is 142 cm³/mol. The second-order valence-corrected chi connectivity index (χ2v) is 11.2. The predicted octanol–water partition coefficient (Wildman–Crippen LogP) is 5.76. The van der Waals surface area contributed by atoms with Crippen LogP contribution in [0.4, 0.5) is 0 Å². The highest BCUT2D eigenvalue weighted by Gasteiger charge is 2.38. The first-order valence-electron chi connectivity index (χ1n) is 12.4. The number of thiazole rings is 1. The molecule has 0 aliphatic carbocycles. The fourth-order valence-corrected chi connectivity index (χ4v) is 4.95. The highest BCUT2D eigenvalue weighted by Crippen LogP contribution is 2.31. The van der Waals surface area contributed by atoms with Crippen LogP contribution in [0.5, 0.6) is 0 Å². The Kier molecular flexibility index (Phi) is 13.5. The molecule has 0 saturated carbocycles. The van der Waals surface area contributed by atoms with Crippen molar-refractivity contribution in [2.45, 2.75) is 92.3 Å². The average molecular weight is 506 g/mol. The van der Waals surface area contributed by atoms with Gasteiger partial charge in [-0.05, 0) is 62.7 Å². The first kappa shape index (κ1) is 31.1. The van der Waals surface area contributed by atoms with E-state index in [0.717, 1.165) is 41.0 Å². The van der Waals surface area contributed by atoms with E-state index in [9.17, 15) is 19.5 Å². The topological polar surface area (TPSA) is 93.6 Å². The van der Waals surface area contributed by atoms with Crippen LogP contribution in [-0.4, -0.2) is 47.8 Å². The third kappa shape index (κ3) is 10.3. The first-order valence-corrected chi connectivity index (χ1v) is 13.3. The number of aliphatic hydroxyl groups is 1. The van der Waals surface area contributed by atoms with E-state index in [1.54, 1.807) is 32.3 Å². The largest absolute Gasteiger partial charge is 0.392 e. The summed E-state index contributed by atoms with van der Waals surface area (Å²) in [6.45, 7) is 11.4. The number of aliphatic hydroxyl groups excluding tert-OH is 1. The Bertz CT molecular complexity index is 886. The Morgan fingerprint density at radius 1 is 1.26 bits per heavy atom. The van der Waals surface area contributed by atoms with Crippen LogP contribution in [-0.2, 0) is 19.1 Å². The second-order valence-electron chi connectivity index (χ2n) is 10.2. The Hall–Kier alpha value is -1.96. The van der Waals surface area contributed by atoms with Gasteiger partial charge in [-0.1, -0.05) is 40.2 Å². The number of aldehydes is 2. The lowest BCUT2D eigenvalue weighted by Crippen LogP contribution is -2.40. The molecule has 0 spiro atoms. The maximum Gasteiger partial charge on any atom is 0.145 e. The number of aromatic nitrogens is 1. The van der Waals surface area contributed by atoms with Crippen molar-refractivity contribution in [1.29, 1.82) is 0 Å². The molecule has 0 aromatic carbocycles. The van der Waals surface area contributed by atoms with Crippen LogP contribution in [0.1, 0.15) is 83.8 Å². The zero-order valence-corrected chi connectivity index (χ0v) is 23.2. The van der Waals surface area contributed by atoms with Crippen LogP contribution in [0.15, 0.2) is 22.6 Å². The lowest BCUT2D eigenvalue weighted by atomic mass is 9.74. The van der Waals surface area contributed by atoms with Gasteiger partial charge in [0.25, 0.3) is 0 Å². The van der Waals surface area contributed by atoms with Gasteiger partial charge < -0.3 is 14.6 Å². The smallest absolute Gasteiger partial charge is 0.145 e. The van der Waals surface area contributed by atoms with Crippen molar-refractivity contribution in [1.82, 2.24) is 4.98 Å². The summed E-state index contributed by atoms with van der Waals surface area (Å²) in [4.78, 5) is 39.6. The number of methoxy groups -OCH3 is 1. The van der Waals surface area contributed by atoms with Crippen LogP contribution in [0.2, 0.25) is 0 Å². The summed E-state index contributed by atoms with van der Waals surface area (Å²) < 4.78 is 5.63. The van der Waals surface area contributed by atoms with Gasteiger partial charge >= 0.3 is 0 Å². The summed E-state index contributed by atoms with van der Waals surface area (Å²) in [7, 11) is 1.67. The Balaban J connectivity index is 2.58. The molecule has 1 aromatic heterocycles. The summed E-state index contributed by atoms with van der Waals surface area (Å²) in [5, 5.41) is 13.2. The van der Waals surface area contributed by atoms with Gasteiger partial charge in [-0.15, -0.1) is 11.3 Å². The molecule has 0 fully saturated rings. The van der Waals surface area contributed by atoms with Crippen molar-refractivity contribution in [2.24, 2.45) is 17.3 Å². The number of rotatable bonds is 17. The van der Waals surface area contributed by atoms with Gasteiger partial charge in [0.1, 0.15) is 18.4 Å². The quantitative estimate of drug-likeness (QED) is 0.214. The maximum absolute atomic E-state index is 12.8. The zero-order chi connectivity index (χ0) is 26.6. The van der Waals surface area contributed by atoms with Crippen molar-refractivity contribution in [2.75, 3.05) is 7.11 Å². The highest BCUT2D eigenvalue weighted by atomic mass is 32.1. The molecule has 0 saturated heterocycles. The van der Waals surface area contributed by atoms with Gasteiger partial charge in [-0.2, -0.15) is 0 Å². The minimum atomic E-state index is -0.967. The van der Waals surface area contributed by atoms with E-state index in [2.05, 4.69) is 11.9 Å². The molecule has 0 aliphatic rings. The molecule has 0 amide bonds. The lowest BCUT2D eigenvalue weighted by molar-refractivity contribution is -0.138. The Morgan fingerprint density at radius 3 is 2.49 bits per heavy atom. The van der Waals surface area contributed by atoms with Crippen LogP contribution < -0.4 is 0 Å². The van der Waals surface area contributed by atoms with Gasteiger partial charge in [0, 0.05) is 30.2 Å². The van der Waals surface area contributed by atoms with E-state index in [4.69, 9.17) is 4.74 Å². The number of ether oxygens (including phenoxy) is 1. The first-order chi connectivity index (χ1) is 16.5. The van der Waals surface area contributed by atoms with Crippen molar-refractivity contribution < 1.29 is 24.2 Å². The third-order valence-corrected chi connectivity index (χ3v) is 7.50.